The Morgan fingerprint density at radius 3 is 1.20 bits per heavy atom. The van der Waals surface area contributed by atoms with Gasteiger partial charge in [0.15, 0.2) is 0 Å². The first-order chi connectivity index (χ1) is 1.73. The normalized spacial score (nSPS) is 4.20. The van der Waals surface area contributed by atoms with Crippen LogP contribution in [0.25, 0.3) is 0 Å². The molecule has 0 radical (unpaired) electrons. The Labute approximate surface area is 50.2 Å². The van der Waals surface area contributed by atoms with Crippen molar-refractivity contribution in [2.75, 3.05) is 0 Å². The summed E-state index contributed by atoms with van der Waals surface area (Å²) >= 11 is 0. The van der Waals surface area contributed by atoms with E-state index in [4.69, 9.17) is 0 Å². The van der Waals surface area contributed by atoms with Crippen molar-refractivity contribution in [2.24, 2.45) is 0 Å². The fraction of sp³-hybridized carbons (Fsp3) is 0. The van der Waals surface area contributed by atoms with Gasteiger partial charge >= 0.3 is 33.7 Å². The molecule has 0 rings (SSSR count). The van der Waals surface area contributed by atoms with E-state index >= 15 is 0 Å². The Morgan fingerprint density at radius 2 is 1.20 bits per heavy atom. The molecule has 0 bridgehead atoms. The predicted molar refractivity (Wildman–Crippen MR) is 21.9 cm³/mol. The molecule has 0 aromatic rings. The van der Waals surface area contributed by atoms with Crippen molar-refractivity contribution in [2.45, 2.75) is 0 Å². The molecule has 0 heterocycles. The molecule has 34 valence electrons. The van der Waals surface area contributed by atoms with Gasteiger partial charge in [-0.2, -0.15) is 0 Å². The third-order valence-electron chi connectivity index (χ3n) is 0. The molecule has 0 aromatic heterocycles. The average Bonchev–Trinajstić information content (AvgIpc) is 0.811. The number of rotatable bonds is 0. The van der Waals surface area contributed by atoms with E-state index in [0.717, 1.165) is 0 Å². The van der Waals surface area contributed by atoms with Gasteiger partial charge in [0.2, 0.25) is 0 Å². The summed E-state index contributed by atoms with van der Waals surface area (Å²) in [5.41, 5.74) is 0. The molecule has 0 aromatic carbocycles. The molecule has 0 aliphatic heterocycles. The van der Waals surface area contributed by atoms with E-state index in [-0.39, 0.29) is 17.9 Å². The summed E-state index contributed by atoms with van der Waals surface area (Å²) in [6.45, 7) is 0. The van der Waals surface area contributed by atoms with E-state index in [1.807, 2.05) is 0 Å². The minimum atomic E-state index is -0.521. The van der Waals surface area contributed by atoms with Gasteiger partial charge in [-0.1, -0.05) is 0 Å². The Balaban J connectivity index is -0.0000000450. The fourth-order valence-electron chi connectivity index (χ4n) is 0. The van der Waals surface area contributed by atoms with Gasteiger partial charge in [-0.15, -0.1) is 0 Å². The molecule has 0 saturated heterocycles. The van der Waals surface area contributed by atoms with Crippen LogP contribution in [0.5, 0.6) is 0 Å². The van der Waals surface area contributed by atoms with E-state index in [2.05, 4.69) is 22.0 Å². The molecular formula is HCoNiP3+. The molecule has 0 nitrogen and oxygen atoms in total. The van der Waals surface area contributed by atoms with Crippen molar-refractivity contribution < 1.29 is 28.2 Å². The van der Waals surface area contributed by atoms with Crippen LogP contribution in [0, 0.1) is 0 Å². The van der Waals surface area contributed by atoms with E-state index < -0.39 is 10.3 Å². The van der Waals surface area contributed by atoms with Crippen LogP contribution in [0.2, 0.25) is 0 Å². The zero-order chi connectivity index (χ0) is 3.58. The Hall–Kier alpha value is 2.29. The van der Waals surface area contributed by atoms with Gasteiger partial charge in [0.1, 0.15) is 0 Å². The monoisotopic (exact) mass is 211 g/mol. The molecule has 0 atom stereocenters. The van der Waals surface area contributed by atoms with E-state index in [9.17, 15) is 0 Å². The first kappa shape index (κ1) is 10.3. The molecule has 0 N–H and O–H groups in total. The van der Waals surface area contributed by atoms with Crippen LogP contribution in [0.3, 0.4) is 0 Å². The van der Waals surface area contributed by atoms with Gasteiger partial charge in [-0.3, -0.25) is 0 Å². The molecule has 0 aliphatic rings. The molecule has 0 unspecified atom stereocenters. The molecule has 5 heteroatoms. The summed E-state index contributed by atoms with van der Waals surface area (Å²) in [6, 6.07) is 0. The predicted octanol–water partition coefficient (Wildman–Crippen LogP) is 2.69. The number of hydrogen-bond acceptors (Lipinski definition) is 0. The van der Waals surface area contributed by atoms with Crippen molar-refractivity contribution in [1.82, 2.24) is 0 Å². The van der Waals surface area contributed by atoms with Crippen molar-refractivity contribution in [1.29, 1.82) is 0 Å². The van der Waals surface area contributed by atoms with Gasteiger partial charge in [0, 0.05) is 16.5 Å². The van der Waals surface area contributed by atoms with E-state index in [0.29, 0.717) is 0 Å². The van der Waals surface area contributed by atoms with Crippen LogP contribution in [0.4, 0.5) is 0 Å². The van der Waals surface area contributed by atoms with Gasteiger partial charge in [-0.05, 0) is 0 Å². The third kappa shape index (κ3) is 22.1. The van der Waals surface area contributed by atoms with Crippen LogP contribution >= 0.6 is 22.0 Å². The fourth-order valence-corrected chi connectivity index (χ4v) is 0. The van der Waals surface area contributed by atoms with Crippen LogP contribution in [0.1, 0.15) is 1.43 Å². The summed E-state index contributed by atoms with van der Waals surface area (Å²) in [4.78, 5) is 0. The van der Waals surface area contributed by atoms with Crippen molar-refractivity contribution in [3.05, 3.63) is 0 Å². The SMILES string of the molecule is [H+].[Ni].[P]#[Co](#[P])#[P]. The second-order valence-corrected chi connectivity index (χ2v) is 7.42. The molecule has 0 amide bonds. The molecule has 0 saturated carbocycles. The van der Waals surface area contributed by atoms with Crippen molar-refractivity contribution in [3.63, 3.8) is 0 Å². The molecule has 0 aliphatic carbocycles. The first-order valence-electron chi connectivity index (χ1n) is 0.447. The van der Waals surface area contributed by atoms with E-state index in [1.54, 1.807) is 0 Å². The van der Waals surface area contributed by atoms with Crippen molar-refractivity contribution in [3.8, 4) is 0 Å². The quantitative estimate of drug-likeness (QED) is 0.427. The minimum absolute atomic E-state index is 0. The van der Waals surface area contributed by atoms with Gasteiger partial charge in [0.25, 0.3) is 0 Å². The Kier molecular flexibility index (Phi) is 13.0. The van der Waals surface area contributed by atoms with Gasteiger partial charge in [0.05, 0.1) is 0 Å². The number of hydrogen-bond donors (Lipinski definition) is 0. The summed E-state index contributed by atoms with van der Waals surface area (Å²) in [5, 5.41) is 0. The molecule has 5 heavy (non-hydrogen) atoms. The second kappa shape index (κ2) is 6.29. The summed E-state index contributed by atoms with van der Waals surface area (Å²) < 4.78 is 0. The van der Waals surface area contributed by atoms with Crippen molar-refractivity contribution >= 4 is 22.0 Å². The van der Waals surface area contributed by atoms with E-state index in [1.165, 1.54) is 0 Å². The summed E-state index contributed by atoms with van der Waals surface area (Å²) in [6.07, 6.45) is 0. The summed E-state index contributed by atoms with van der Waals surface area (Å²) in [5.74, 6) is 0. The van der Waals surface area contributed by atoms with Crippen LogP contribution < -0.4 is 0 Å². The molecule has 0 spiro atoms. The second-order valence-electron chi connectivity index (χ2n) is 0.200. The molecular weight excluding hydrogens is 211 g/mol. The Bertz CT molecular complexity index is 226. The zero-order valence-electron chi connectivity index (χ0n) is 2.99. The van der Waals surface area contributed by atoms with Gasteiger partial charge < -0.3 is 0 Å². The topological polar surface area (TPSA) is 0 Å². The Morgan fingerprint density at radius 1 is 1.20 bits per heavy atom. The summed E-state index contributed by atoms with van der Waals surface area (Å²) in [7, 11) is 10.8. The molecule has 0 fully saturated rings. The maximum atomic E-state index is 3.76. The first-order valence-corrected chi connectivity index (χ1v) is 5.53. The van der Waals surface area contributed by atoms with Crippen LogP contribution in [-0.4, -0.2) is 0 Å². The maximum absolute atomic E-state index is 3.76. The van der Waals surface area contributed by atoms with Crippen LogP contribution in [-0.2, 0) is 26.8 Å². The average molecular weight is 212 g/mol. The standard InChI is InChI=1S/Co.Ni.3P/p+1. The zero-order valence-corrected chi connectivity index (χ0v) is 6.70. The third-order valence-corrected chi connectivity index (χ3v) is 0. The van der Waals surface area contributed by atoms with Gasteiger partial charge in [-0.25, -0.2) is 0 Å². The van der Waals surface area contributed by atoms with Crippen LogP contribution in [0.15, 0.2) is 0 Å².